The van der Waals surface area contributed by atoms with Crippen molar-refractivity contribution >= 4 is 45.8 Å². The van der Waals surface area contributed by atoms with E-state index in [4.69, 9.17) is 27.9 Å². The van der Waals surface area contributed by atoms with Crippen LogP contribution in [0, 0.1) is 3.57 Å². The molecule has 1 aromatic rings. The number of benzene rings is 1. The van der Waals surface area contributed by atoms with Crippen LogP contribution in [0.15, 0.2) is 12.1 Å². The Morgan fingerprint density at radius 1 is 1.42 bits per heavy atom. The molecule has 0 amide bonds. The maximum atomic E-state index is 5.88. The number of hydrogen-bond donors (Lipinski definition) is 0. The summed E-state index contributed by atoms with van der Waals surface area (Å²) < 4.78 is 6.23. The highest BCUT2D eigenvalue weighted by Crippen LogP contribution is 2.31. The summed E-state index contributed by atoms with van der Waals surface area (Å²) in [6.07, 6.45) is 0. The SMILES string of the molecule is CCOc1cc(Cl)cc(Cl)c1I. The molecule has 0 atom stereocenters. The van der Waals surface area contributed by atoms with E-state index in [2.05, 4.69) is 22.6 Å². The minimum atomic E-state index is 0.601. The van der Waals surface area contributed by atoms with Crippen LogP contribution in [0.2, 0.25) is 10.0 Å². The summed E-state index contributed by atoms with van der Waals surface area (Å²) in [5, 5.41) is 1.23. The van der Waals surface area contributed by atoms with E-state index in [-0.39, 0.29) is 0 Å². The molecule has 1 aromatic carbocycles. The van der Waals surface area contributed by atoms with Crippen molar-refractivity contribution < 1.29 is 4.74 Å². The molecule has 0 radical (unpaired) electrons. The Labute approximate surface area is 95.1 Å². The Bertz CT molecular complexity index is 289. The molecule has 0 N–H and O–H groups in total. The Morgan fingerprint density at radius 2 is 2.08 bits per heavy atom. The highest BCUT2D eigenvalue weighted by molar-refractivity contribution is 14.1. The first-order valence-corrected chi connectivity index (χ1v) is 5.26. The third kappa shape index (κ3) is 2.41. The van der Waals surface area contributed by atoms with Crippen molar-refractivity contribution in [2.45, 2.75) is 6.92 Å². The van der Waals surface area contributed by atoms with Crippen LogP contribution >= 0.6 is 45.8 Å². The minimum Gasteiger partial charge on any atom is -0.493 e. The van der Waals surface area contributed by atoms with Crippen LogP contribution in [0.1, 0.15) is 6.92 Å². The molecule has 0 saturated carbocycles. The predicted octanol–water partition coefficient (Wildman–Crippen LogP) is 4.00. The predicted molar refractivity (Wildman–Crippen MR) is 60.3 cm³/mol. The molecule has 0 aliphatic carbocycles. The number of halogens is 3. The van der Waals surface area contributed by atoms with Gasteiger partial charge in [0, 0.05) is 5.02 Å². The topological polar surface area (TPSA) is 9.23 Å². The van der Waals surface area contributed by atoms with Gasteiger partial charge in [-0.15, -0.1) is 0 Å². The van der Waals surface area contributed by atoms with Gasteiger partial charge in [0.25, 0.3) is 0 Å². The molecular formula is C8H7Cl2IO. The average molecular weight is 317 g/mol. The summed E-state index contributed by atoms with van der Waals surface area (Å²) in [6, 6.07) is 3.46. The smallest absolute Gasteiger partial charge is 0.135 e. The summed E-state index contributed by atoms with van der Waals surface area (Å²) in [7, 11) is 0. The van der Waals surface area contributed by atoms with Crippen molar-refractivity contribution in [2.75, 3.05) is 6.61 Å². The van der Waals surface area contributed by atoms with E-state index in [0.717, 1.165) is 9.32 Å². The highest BCUT2D eigenvalue weighted by Gasteiger charge is 2.06. The molecule has 1 nitrogen and oxygen atoms in total. The Balaban J connectivity index is 3.09. The number of hydrogen-bond acceptors (Lipinski definition) is 1. The molecule has 0 saturated heterocycles. The number of ether oxygens (including phenoxy) is 1. The maximum absolute atomic E-state index is 5.88. The largest absolute Gasteiger partial charge is 0.493 e. The lowest BCUT2D eigenvalue weighted by molar-refractivity contribution is 0.338. The van der Waals surface area contributed by atoms with Gasteiger partial charge in [-0.05, 0) is 41.6 Å². The van der Waals surface area contributed by atoms with Gasteiger partial charge in [-0.1, -0.05) is 23.2 Å². The van der Waals surface area contributed by atoms with Gasteiger partial charge < -0.3 is 4.74 Å². The third-order valence-corrected chi connectivity index (χ3v) is 3.21. The Kier molecular flexibility index (Phi) is 3.93. The zero-order valence-electron chi connectivity index (χ0n) is 6.40. The molecule has 0 heterocycles. The second kappa shape index (κ2) is 4.53. The first-order chi connectivity index (χ1) is 5.65. The standard InChI is InChI=1S/C8H7Cl2IO/c1-2-12-7-4-5(9)3-6(10)8(7)11/h3-4H,2H2,1H3. The molecular weight excluding hydrogens is 310 g/mol. The summed E-state index contributed by atoms with van der Waals surface area (Å²) >= 11 is 13.8. The van der Waals surface area contributed by atoms with Gasteiger partial charge in [0.2, 0.25) is 0 Å². The van der Waals surface area contributed by atoms with Gasteiger partial charge in [0.15, 0.2) is 0 Å². The lowest BCUT2D eigenvalue weighted by Gasteiger charge is -2.07. The van der Waals surface area contributed by atoms with E-state index >= 15 is 0 Å². The molecule has 0 fully saturated rings. The zero-order valence-corrected chi connectivity index (χ0v) is 10.1. The summed E-state index contributed by atoms with van der Waals surface area (Å²) in [5.41, 5.74) is 0. The van der Waals surface area contributed by atoms with E-state index in [0.29, 0.717) is 16.7 Å². The molecule has 0 bridgehead atoms. The fourth-order valence-corrected chi connectivity index (χ4v) is 1.73. The Morgan fingerprint density at radius 3 is 2.67 bits per heavy atom. The van der Waals surface area contributed by atoms with Crippen LogP contribution in [0.5, 0.6) is 5.75 Å². The molecule has 0 aliphatic rings. The van der Waals surface area contributed by atoms with E-state index in [1.54, 1.807) is 12.1 Å². The van der Waals surface area contributed by atoms with Crippen molar-refractivity contribution in [3.05, 3.63) is 25.7 Å². The average Bonchev–Trinajstić information content (AvgIpc) is 2.00. The van der Waals surface area contributed by atoms with Crippen LogP contribution < -0.4 is 4.74 Å². The lowest BCUT2D eigenvalue weighted by atomic mass is 10.3. The second-order valence-corrected chi connectivity index (χ2v) is 4.06. The molecule has 4 heteroatoms. The quantitative estimate of drug-likeness (QED) is 0.592. The van der Waals surface area contributed by atoms with Crippen LogP contribution in [-0.2, 0) is 0 Å². The van der Waals surface area contributed by atoms with Crippen molar-refractivity contribution in [3.8, 4) is 5.75 Å². The van der Waals surface area contributed by atoms with E-state index < -0.39 is 0 Å². The van der Waals surface area contributed by atoms with Crippen LogP contribution in [0.25, 0.3) is 0 Å². The molecule has 12 heavy (non-hydrogen) atoms. The summed E-state index contributed by atoms with van der Waals surface area (Å²) in [4.78, 5) is 0. The maximum Gasteiger partial charge on any atom is 0.135 e. The third-order valence-electron chi connectivity index (χ3n) is 1.26. The molecule has 0 aromatic heterocycles. The molecule has 0 unspecified atom stereocenters. The molecule has 0 aliphatic heterocycles. The molecule has 1 rings (SSSR count). The van der Waals surface area contributed by atoms with Gasteiger partial charge in [0.05, 0.1) is 15.2 Å². The van der Waals surface area contributed by atoms with E-state index in [1.807, 2.05) is 6.92 Å². The summed E-state index contributed by atoms with van der Waals surface area (Å²) in [5.74, 6) is 0.746. The van der Waals surface area contributed by atoms with E-state index in [9.17, 15) is 0 Å². The first-order valence-electron chi connectivity index (χ1n) is 3.42. The summed E-state index contributed by atoms with van der Waals surface area (Å²) in [6.45, 7) is 2.54. The van der Waals surface area contributed by atoms with Crippen molar-refractivity contribution in [2.24, 2.45) is 0 Å². The van der Waals surface area contributed by atoms with E-state index in [1.165, 1.54) is 0 Å². The fraction of sp³-hybridized carbons (Fsp3) is 0.250. The van der Waals surface area contributed by atoms with Crippen molar-refractivity contribution in [1.82, 2.24) is 0 Å². The normalized spacial score (nSPS) is 10.0. The first kappa shape index (κ1) is 10.4. The van der Waals surface area contributed by atoms with Gasteiger partial charge in [-0.25, -0.2) is 0 Å². The van der Waals surface area contributed by atoms with Crippen molar-refractivity contribution in [3.63, 3.8) is 0 Å². The minimum absolute atomic E-state index is 0.601. The highest BCUT2D eigenvalue weighted by atomic mass is 127. The van der Waals surface area contributed by atoms with Gasteiger partial charge >= 0.3 is 0 Å². The van der Waals surface area contributed by atoms with Crippen LogP contribution in [0.4, 0.5) is 0 Å². The Hall–Kier alpha value is 0.330. The van der Waals surface area contributed by atoms with Crippen LogP contribution in [-0.4, -0.2) is 6.61 Å². The second-order valence-electron chi connectivity index (χ2n) is 2.13. The lowest BCUT2D eigenvalue weighted by Crippen LogP contribution is -1.94. The molecule has 66 valence electrons. The van der Waals surface area contributed by atoms with Gasteiger partial charge in [-0.2, -0.15) is 0 Å². The fourth-order valence-electron chi connectivity index (χ4n) is 0.793. The number of rotatable bonds is 2. The zero-order chi connectivity index (χ0) is 9.14. The van der Waals surface area contributed by atoms with Gasteiger partial charge in [0.1, 0.15) is 5.75 Å². The van der Waals surface area contributed by atoms with Crippen LogP contribution in [0.3, 0.4) is 0 Å². The molecule has 0 spiro atoms. The van der Waals surface area contributed by atoms with Crippen molar-refractivity contribution in [1.29, 1.82) is 0 Å². The monoisotopic (exact) mass is 316 g/mol. The van der Waals surface area contributed by atoms with Gasteiger partial charge in [-0.3, -0.25) is 0 Å².